The number of rotatable bonds is 5. The van der Waals surface area contributed by atoms with Crippen molar-refractivity contribution in [2.75, 3.05) is 13.6 Å². The van der Waals surface area contributed by atoms with Crippen molar-refractivity contribution in [1.29, 1.82) is 0 Å². The van der Waals surface area contributed by atoms with Gasteiger partial charge in [-0.3, -0.25) is 0 Å². The molecule has 0 spiro atoms. The first-order chi connectivity index (χ1) is 6.61. The highest BCUT2D eigenvalue weighted by molar-refractivity contribution is 7.71. The summed E-state index contributed by atoms with van der Waals surface area (Å²) in [5, 5.41) is 0. The Hall–Kier alpha value is -0.610. The lowest BCUT2D eigenvalue weighted by molar-refractivity contribution is 0.265. The number of H-pyrrole nitrogens is 1. The zero-order chi connectivity index (χ0) is 10.6. The zero-order valence-electron chi connectivity index (χ0n) is 9.16. The Kier molecular flexibility index (Phi) is 4.35. The van der Waals surface area contributed by atoms with Crippen LogP contribution in [-0.4, -0.2) is 34.1 Å². The van der Waals surface area contributed by atoms with Crippen molar-refractivity contribution >= 4 is 12.2 Å². The minimum Gasteiger partial charge on any atom is -0.337 e. The van der Waals surface area contributed by atoms with Gasteiger partial charge in [-0.2, -0.15) is 0 Å². The molecular weight excluding hydrogens is 194 g/mol. The topological polar surface area (TPSA) is 24.0 Å². The normalized spacial score (nSPS) is 11.5. The van der Waals surface area contributed by atoms with E-state index in [0.29, 0.717) is 6.04 Å². The fraction of sp³-hybridized carbons (Fsp3) is 0.700. The summed E-state index contributed by atoms with van der Waals surface area (Å²) in [5.74, 6) is 0. The first kappa shape index (κ1) is 11.5. The molecule has 3 nitrogen and oxygen atoms in total. The number of hydrogen-bond acceptors (Lipinski definition) is 2. The minimum atomic E-state index is 0.620. The van der Waals surface area contributed by atoms with Crippen LogP contribution in [0.1, 0.15) is 20.3 Å². The summed E-state index contributed by atoms with van der Waals surface area (Å²) in [5.41, 5.74) is 0. The Bertz CT molecular complexity index is 313. The number of nitrogens with one attached hydrogen (secondary N) is 1. The molecule has 14 heavy (non-hydrogen) atoms. The van der Waals surface area contributed by atoms with Gasteiger partial charge in [-0.1, -0.05) is 0 Å². The Labute approximate surface area is 90.7 Å². The lowest BCUT2D eigenvalue weighted by Crippen LogP contribution is -2.27. The molecule has 4 heteroatoms. The van der Waals surface area contributed by atoms with E-state index in [1.54, 1.807) is 0 Å². The van der Waals surface area contributed by atoms with Crippen molar-refractivity contribution in [3.8, 4) is 0 Å². The minimum absolute atomic E-state index is 0.620. The largest absolute Gasteiger partial charge is 0.337 e. The van der Waals surface area contributed by atoms with Crippen LogP contribution < -0.4 is 0 Å². The van der Waals surface area contributed by atoms with Gasteiger partial charge in [-0.25, -0.2) is 0 Å². The predicted molar refractivity (Wildman–Crippen MR) is 62.0 cm³/mol. The van der Waals surface area contributed by atoms with Crippen molar-refractivity contribution in [2.45, 2.75) is 32.9 Å². The second-order valence-electron chi connectivity index (χ2n) is 3.89. The van der Waals surface area contributed by atoms with E-state index < -0.39 is 0 Å². The van der Waals surface area contributed by atoms with Crippen LogP contribution in [0.4, 0.5) is 0 Å². The molecule has 0 unspecified atom stereocenters. The van der Waals surface area contributed by atoms with Gasteiger partial charge in [0.2, 0.25) is 0 Å². The molecule has 0 amide bonds. The molecule has 1 rings (SSSR count). The smallest absolute Gasteiger partial charge is 0.177 e. The SMILES string of the molecule is CC(C)N(C)CCCn1cc[nH]c1=S. The first-order valence-corrected chi connectivity index (χ1v) is 5.46. The summed E-state index contributed by atoms with van der Waals surface area (Å²) in [6.07, 6.45) is 5.02. The van der Waals surface area contributed by atoms with E-state index in [1.807, 2.05) is 12.4 Å². The number of imidazole rings is 1. The second kappa shape index (κ2) is 5.32. The highest BCUT2D eigenvalue weighted by atomic mass is 32.1. The fourth-order valence-corrected chi connectivity index (χ4v) is 1.49. The van der Waals surface area contributed by atoms with E-state index in [4.69, 9.17) is 12.2 Å². The lowest BCUT2D eigenvalue weighted by Gasteiger charge is -2.20. The van der Waals surface area contributed by atoms with E-state index in [1.165, 1.54) is 0 Å². The van der Waals surface area contributed by atoms with Crippen LogP contribution in [0.25, 0.3) is 0 Å². The Morgan fingerprint density at radius 1 is 1.57 bits per heavy atom. The van der Waals surface area contributed by atoms with Gasteiger partial charge in [0.15, 0.2) is 4.77 Å². The molecule has 0 bridgehead atoms. The van der Waals surface area contributed by atoms with Gasteiger partial charge < -0.3 is 14.5 Å². The standard InChI is InChI=1S/C10H19N3S/c1-9(2)12(3)6-4-7-13-8-5-11-10(13)14/h5,8-9H,4,6-7H2,1-3H3,(H,11,14). The molecule has 0 saturated carbocycles. The van der Waals surface area contributed by atoms with Gasteiger partial charge in [0, 0.05) is 25.0 Å². The zero-order valence-corrected chi connectivity index (χ0v) is 9.97. The van der Waals surface area contributed by atoms with Gasteiger partial charge in [-0.15, -0.1) is 0 Å². The molecular formula is C10H19N3S. The van der Waals surface area contributed by atoms with Crippen LogP contribution in [0, 0.1) is 4.77 Å². The molecule has 0 fully saturated rings. The van der Waals surface area contributed by atoms with E-state index in [0.717, 1.165) is 24.3 Å². The molecule has 0 atom stereocenters. The highest BCUT2D eigenvalue weighted by Gasteiger charge is 2.02. The maximum absolute atomic E-state index is 5.11. The molecule has 0 aromatic carbocycles. The fourth-order valence-electron chi connectivity index (χ4n) is 1.27. The predicted octanol–water partition coefficient (Wildman–Crippen LogP) is 2.28. The highest BCUT2D eigenvalue weighted by Crippen LogP contribution is 1.98. The maximum Gasteiger partial charge on any atom is 0.177 e. The number of hydrogen-bond donors (Lipinski definition) is 1. The maximum atomic E-state index is 5.11. The van der Waals surface area contributed by atoms with Crippen molar-refractivity contribution in [3.63, 3.8) is 0 Å². The molecule has 0 saturated heterocycles. The molecule has 0 radical (unpaired) electrons. The van der Waals surface area contributed by atoms with Gasteiger partial charge in [-0.05, 0) is 46.1 Å². The molecule has 1 aromatic rings. The lowest BCUT2D eigenvalue weighted by atomic mass is 10.3. The quantitative estimate of drug-likeness (QED) is 0.759. The van der Waals surface area contributed by atoms with Crippen molar-refractivity contribution in [1.82, 2.24) is 14.5 Å². The number of aromatic amines is 1. The molecule has 1 aromatic heterocycles. The summed E-state index contributed by atoms with van der Waals surface area (Å²) >= 11 is 5.11. The van der Waals surface area contributed by atoms with E-state index >= 15 is 0 Å². The van der Waals surface area contributed by atoms with Gasteiger partial charge in [0.25, 0.3) is 0 Å². The van der Waals surface area contributed by atoms with Gasteiger partial charge >= 0.3 is 0 Å². The average molecular weight is 213 g/mol. The third-order valence-corrected chi connectivity index (χ3v) is 2.87. The van der Waals surface area contributed by atoms with E-state index in [2.05, 4.69) is 35.3 Å². The number of aryl methyl sites for hydroxylation is 1. The number of aromatic nitrogens is 2. The van der Waals surface area contributed by atoms with Crippen LogP contribution in [0.15, 0.2) is 12.4 Å². The van der Waals surface area contributed by atoms with Crippen LogP contribution in [0.3, 0.4) is 0 Å². The van der Waals surface area contributed by atoms with Crippen molar-refractivity contribution < 1.29 is 0 Å². The average Bonchev–Trinajstić information content (AvgIpc) is 2.51. The summed E-state index contributed by atoms with van der Waals surface area (Å²) in [4.78, 5) is 5.34. The Morgan fingerprint density at radius 2 is 2.29 bits per heavy atom. The number of nitrogens with zero attached hydrogens (tertiary/aromatic N) is 2. The van der Waals surface area contributed by atoms with Crippen molar-refractivity contribution in [3.05, 3.63) is 17.2 Å². The molecule has 0 aliphatic rings. The molecule has 1 heterocycles. The first-order valence-electron chi connectivity index (χ1n) is 5.05. The van der Waals surface area contributed by atoms with Crippen LogP contribution in [-0.2, 0) is 6.54 Å². The summed E-state index contributed by atoms with van der Waals surface area (Å²) in [6.45, 7) is 6.54. The van der Waals surface area contributed by atoms with Crippen LogP contribution >= 0.6 is 12.2 Å². The second-order valence-corrected chi connectivity index (χ2v) is 4.27. The summed E-state index contributed by atoms with van der Waals surface area (Å²) < 4.78 is 2.89. The molecule has 80 valence electrons. The Morgan fingerprint density at radius 3 is 2.79 bits per heavy atom. The van der Waals surface area contributed by atoms with Crippen molar-refractivity contribution in [2.24, 2.45) is 0 Å². The van der Waals surface area contributed by atoms with E-state index in [9.17, 15) is 0 Å². The molecule has 1 N–H and O–H groups in total. The molecule has 0 aliphatic heterocycles. The Balaban J connectivity index is 2.29. The third-order valence-electron chi connectivity index (χ3n) is 2.51. The van der Waals surface area contributed by atoms with Crippen LogP contribution in [0.2, 0.25) is 0 Å². The van der Waals surface area contributed by atoms with Gasteiger partial charge in [0.1, 0.15) is 0 Å². The van der Waals surface area contributed by atoms with Gasteiger partial charge in [0.05, 0.1) is 0 Å². The summed E-state index contributed by atoms with van der Waals surface area (Å²) in [6, 6.07) is 0.620. The summed E-state index contributed by atoms with van der Waals surface area (Å²) in [7, 11) is 2.15. The monoisotopic (exact) mass is 213 g/mol. The third kappa shape index (κ3) is 3.27. The molecule has 0 aliphatic carbocycles. The van der Waals surface area contributed by atoms with E-state index in [-0.39, 0.29) is 0 Å². The van der Waals surface area contributed by atoms with Crippen LogP contribution in [0.5, 0.6) is 0 Å².